The number of hydrogen-bond donors (Lipinski definition) is 1. The quantitative estimate of drug-likeness (QED) is 0.355. The Labute approximate surface area is 233 Å². The van der Waals surface area contributed by atoms with Gasteiger partial charge < -0.3 is 22.5 Å². The predicted octanol–water partition coefficient (Wildman–Crippen LogP) is -0.279. The highest BCUT2D eigenvalue weighted by Gasteiger charge is 2.31. The van der Waals surface area contributed by atoms with Gasteiger partial charge in [-0.1, -0.05) is 17.7 Å². The van der Waals surface area contributed by atoms with Crippen LogP contribution in [0.15, 0.2) is 84.0 Å². The van der Waals surface area contributed by atoms with Crippen molar-refractivity contribution in [2.24, 2.45) is 0 Å². The number of pyridine rings is 1. The molecule has 1 saturated heterocycles. The molecule has 2 aromatic carbocycles. The molecule has 1 aromatic heterocycles. The van der Waals surface area contributed by atoms with Gasteiger partial charge in [0, 0.05) is 35.9 Å². The minimum atomic E-state index is -4.11. The molecule has 38 heavy (non-hydrogen) atoms. The number of anilines is 2. The first-order valence-corrected chi connectivity index (χ1v) is 14.8. The summed E-state index contributed by atoms with van der Waals surface area (Å²) in [6.45, 7) is 1.30. The smallest absolute Gasteiger partial charge is 0.340 e. The SMILES string of the molecule is O=C(Nc1ccc(S(=O)(=O)N2CCOCC2)cc1)N(c1ccc(Cl)cc1)S(=O)(=O)CC[n+]1ccccc1.[Cl-]. The van der Waals surface area contributed by atoms with Crippen molar-refractivity contribution in [3.63, 3.8) is 0 Å². The van der Waals surface area contributed by atoms with Crippen molar-refractivity contribution in [2.45, 2.75) is 11.4 Å². The number of carbonyl (C=O) groups excluding carboxylic acids is 1. The number of halogens is 2. The van der Waals surface area contributed by atoms with Crippen LogP contribution in [0.2, 0.25) is 5.02 Å². The molecule has 0 aliphatic carbocycles. The number of benzene rings is 2. The molecule has 0 radical (unpaired) electrons. The monoisotopic (exact) mass is 600 g/mol. The molecule has 4 rings (SSSR count). The molecule has 1 fully saturated rings. The van der Waals surface area contributed by atoms with Gasteiger partial charge in [-0.05, 0) is 48.5 Å². The van der Waals surface area contributed by atoms with E-state index in [1.54, 1.807) is 29.1 Å². The van der Waals surface area contributed by atoms with Gasteiger partial charge in [-0.25, -0.2) is 26.2 Å². The lowest BCUT2D eigenvalue weighted by atomic mass is 10.3. The van der Waals surface area contributed by atoms with Gasteiger partial charge in [0.1, 0.15) is 5.75 Å². The molecule has 204 valence electrons. The van der Waals surface area contributed by atoms with Gasteiger partial charge in [-0.15, -0.1) is 0 Å². The second-order valence-electron chi connectivity index (χ2n) is 8.14. The molecule has 1 N–H and O–H groups in total. The fourth-order valence-electron chi connectivity index (χ4n) is 3.70. The van der Waals surface area contributed by atoms with Crippen molar-refractivity contribution in [1.29, 1.82) is 0 Å². The number of nitrogens with zero attached hydrogens (tertiary/aromatic N) is 3. The van der Waals surface area contributed by atoms with Crippen LogP contribution < -0.4 is 26.6 Å². The lowest BCUT2D eigenvalue weighted by molar-refractivity contribution is -0.692. The zero-order valence-corrected chi connectivity index (χ0v) is 23.3. The summed E-state index contributed by atoms with van der Waals surface area (Å²) >= 11 is 5.96. The summed E-state index contributed by atoms with van der Waals surface area (Å²) in [6, 6.07) is 15.9. The molecule has 2 heterocycles. The van der Waals surface area contributed by atoms with E-state index in [1.807, 2.05) is 6.07 Å². The maximum atomic E-state index is 13.3. The van der Waals surface area contributed by atoms with Crippen LogP contribution in [0, 0.1) is 0 Å². The Balaban J connectivity index is 0.00000400. The predicted molar refractivity (Wildman–Crippen MR) is 139 cm³/mol. The number of ether oxygens (including phenoxy) is 1. The van der Waals surface area contributed by atoms with E-state index >= 15 is 0 Å². The Morgan fingerprint density at radius 3 is 2.16 bits per heavy atom. The van der Waals surface area contributed by atoms with E-state index in [1.165, 1.54) is 52.8 Å². The highest BCUT2D eigenvalue weighted by molar-refractivity contribution is 7.93. The number of amides is 2. The van der Waals surface area contributed by atoms with Crippen molar-refractivity contribution in [3.05, 3.63) is 84.1 Å². The summed E-state index contributed by atoms with van der Waals surface area (Å²) in [5, 5.41) is 2.94. The number of urea groups is 1. The normalized spacial score (nSPS) is 14.3. The van der Waals surface area contributed by atoms with Crippen LogP contribution in [0.25, 0.3) is 0 Å². The van der Waals surface area contributed by atoms with Crippen LogP contribution in [0.5, 0.6) is 0 Å². The third-order valence-electron chi connectivity index (χ3n) is 5.62. The first-order valence-electron chi connectivity index (χ1n) is 11.4. The fourth-order valence-corrected chi connectivity index (χ4v) is 6.60. The Morgan fingerprint density at radius 1 is 0.947 bits per heavy atom. The number of hydrogen-bond acceptors (Lipinski definition) is 6. The van der Waals surface area contributed by atoms with Crippen molar-refractivity contribution in [1.82, 2.24) is 4.31 Å². The van der Waals surface area contributed by atoms with Crippen LogP contribution in [-0.2, 0) is 31.3 Å². The van der Waals surface area contributed by atoms with Crippen LogP contribution in [-0.4, -0.2) is 59.2 Å². The number of aromatic nitrogens is 1. The van der Waals surface area contributed by atoms with Crippen molar-refractivity contribution in [2.75, 3.05) is 41.7 Å². The molecule has 0 saturated carbocycles. The van der Waals surface area contributed by atoms with E-state index < -0.39 is 26.1 Å². The summed E-state index contributed by atoms with van der Waals surface area (Å²) in [5.41, 5.74) is 0.351. The number of rotatable bonds is 8. The third-order valence-corrected chi connectivity index (χ3v) is 9.42. The minimum Gasteiger partial charge on any atom is -1.00 e. The number of carbonyl (C=O) groups is 1. The van der Waals surface area contributed by atoms with E-state index in [9.17, 15) is 21.6 Å². The highest BCUT2D eigenvalue weighted by Crippen LogP contribution is 2.24. The van der Waals surface area contributed by atoms with Gasteiger partial charge in [-0.2, -0.15) is 8.61 Å². The first kappa shape index (κ1) is 29.8. The zero-order chi connectivity index (χ0) is 26.5. The van der Waals surface area contributed by atoms with Crippen molar-refractivity contribution in [3.8, 4) is 0 Å². The number of sulfonamides is 2. The van der Waals surface area contributed by atoms with Crippen LogP contribution in [0.4, 0.5) is 16.2 Å². The molecule has 2 amide bonds. The molecule has 1 aliphatic rings. The van der Waals surface area contributed by atoms with Crippen LogP contribution in [0.1, 0.15) is 0 Å². The number of nitrogens with one attached hydrogen (secondary N) is 1. The largest absolute Gasteiger partial charge is 1.00 e. The van der Waals surface area contributed by atoms with E-state index in [-0.39, 0.29) is 54.1 Å². The average Bonchev–Trinajstić information content (AvgIpc) is 2.90. The lowest BCUT2D eigenvalue weighted by Gasteiger charge is -2.26. The highest BCUT2D eigenvalue weighted by atomic mass is 35.5. The second kappa shape index (κ2) is 12.9. The molecule has 10 nitrogen and oxygen atoms in total. The van der Waals surface area contributed by atoms with E-state index in [0.717, 1.165) is 0 Å². The first-order chi connectivity index (χ1) is 17.7. The number of aryl methyl sites for hydroxylation is 1. The molecular weight excluding hydrogens is 575 g/mol. The van der Waals surface area contributed by atoms with Gasteiger partial charge >= 0.3 is 6.03 Å². The van der Waals surface area contributed by atoms with Gasteiger partial charge in [0.2, 0.25) is 20.0 Å². The molecule has 0 atom stereocenters. The minimum absolute atomic E-state index is 0. The molecule has 1 aliphatic heterocycles. The maximum Gasteiger partial charge on any atom is 0.340 e. The topological polar surface area (TPSA) is 117 Å². The summed E-state index contributed by atoms with van der Waals surface area (Å²) in [6.07, 6.45) is 3.46. The van der Waals surface area contributed by atoms with Crippen molar-refractivity contribution < 1.29 is 43.3 Å². The zero-order valence-electron chi connectivity index (χ0n) is 20.1. The Hall–Kier alpha value is -2.74. The van der Waals surface area contributed by atoms with E-state index in [4.69, 9.17) is 16.3 Å². The second-order valence-corrected chi connectivity index (χ2v) is 12.5. The van der Waals surface area contributed by atoms with E-state index in [2.05, 4.69) is 5.32 Å². The van der Waals surface area contributed by atoms with Gasteiger partial charge in [0.25, 0.3) is 0 Å². The number of morpholine rings is 1. The summed E-state index contributed by atoms with van der Waals surface area (Å²) in [5.74, 6) is -0.339. The van der Waals surface area contributed by atoms with Gasteiger partial charge in [0.15, 0.2) is 18.9 Å². The van der Waals surface area contributed by atoms with E-state index in [0.29, 0.717) is 22.5 Å². The molecular formula is C24H26Cl2N4O6S2. The third kappa shape index (κ3) is 7.22. The fraction of sp³-hybridized carbons (Fsp3) is 0.250. The molecule has 14 heteroatoms. The summed E-state index contributed by atoms with van der Waals surface area (Å²) in [4.78, 5) is 13.3. The molecule has 0 bridgehead atoms. The average molecular weight is 602 g/mol. The van der Waals surface area contributed by atoms with Crippen LogP contribution in [0.3, 0.4) is 0 Å². The lowest BCUT2D eigenvalue weighted by Crippen LogP contribution is -3.00. The van der Waals surface area contributed by atoms with Crippen molar-refractivity contribution >= 4 is 49.1 Å². The maximum absolute atomic E-state index is 13.3. The Morgan fingerprint density at radius 2 is 1.55 bits per heavy atom. The summed E-state index contributed by atoms with van der Waals surface area (Å²) in [7, 11) is -7.82. The molecule has 3 aromatic rings. The molecule has 0 spiro atoms. The Kier molecular flexibility index (Phi) is 10.1. The van der Waals surface area contributed by atoms with Gasteiger partial charge in [-0.3, -0.25) is 0 Å². The summed E-state index contributed by atoms with van der Waals surface area (Å²) < 4.78 is 61.2. The standard InChI is InChI=1S/C24H25ClN4O6S2.ClH/c25-20-4-8-22(9-5-20)29(36(31,32)19-16-27-12-2-1-3-13-27)24(30)26-21-6-10-23(11-7-21)37(33,34)28-14-17-35-18-15-28;/h1-13H,14-19H2;1H. The van der Waals surface area contributed by atoms with Gasteiger partial charge in [0.05, 0.1) is 23.8 Å². The Bertz CT molecular complexity index is 1430. The van der Waals surface area contributed by atoms with Crippen LogP contribution >= 0.6 is 11.6 Å². The molecule has 0 unspecified atom stereocenters.